The second kappa shape index (κ2) is 8.48. The van der Waals surface area contributed by atoms with Crippen LogP contribution in [0.3, 0.4) is 0 Å². The lowest BCUT2D eigenvalue weighted by Gasteiger charge is -2.31. The molecule has 1 aliphatic rings. The van der Waals surface area contributed by atoms with E-state index in [-0.39, 0.29) is 4.90 Å². The number of piperazine rings is 1. The van der Waals surface area contributed by atoms with E-state index in [0.29, 0.717) is 52.2 Å². The topological polar surface area (TPSA) is 94.6 Å². The van der Waals surface area contributed by atoms with Gasteiger partial charge in [0.25, 0.3) is 0 Å². The molecule has 0 atom stereocenters. The number of thiazole rings is 1. The number of nitrogens with one attached hydrogen (secondary N) is 2. The Kier molecular flexibility index (Phi) is 5.94. The molecule has 30 heavy (non-hydrogen) atoms. The lowest BCUT2D eigenvalue weighted by atomic mass is 10.3. The van der Waals surface area contributed by atoms with Crippen molar-refractivity contribution in [3.63, 3.8) is 0 Å². The van der Waals surface area contributed by atoms with E-state index in [1.807, 2.05) is 7.05 Å². The van der Waals surface area contributed by atoms with Gasteiger partial charge in [-0.15, -0.1) is 0 Å². The molecule has 11 heteroatoms. The van der Waals surface area contributed by atoms with E-state index in [1.165, 1.54) is 15.6 Å². The van der Waals surface area contributed by atoms with Crippen LogP contribution in [0.15, 0.2) is 47.4 Å². The van der Waals surface area contributed by atoms with Gasteiger partial charge in [0, 0.05) is 36.9 Å². The number of hydrogen-bond acceptors (Lipinski definition) is 6. The van der Waals surface area contributed by atoms with Crippen LogP contribution in [0.1, 0.15) is 0 Å². The lowest BCUT2D eigenvalue weighted by Crippen LogP contribution is -2.46. The van der Waals surface area contributed by atoms with Gasteiger partial charge in [-0.2, -0.15) is 4.31 Å². The van der Waals surface area contributed by atoms with E-state index in [2.05, 4.69) is 20.5 Å². The van der Waals surface area contributed by atoms with Crippen LogP contribution < -0.4 is 10.6 Å². The summed E-state index contributed by atoms with van der Waals surface area (Å²) in [6.07, 6.45) is 0. The Bertz CT molecular complexity index is 1190. The number of anilines is 2. The monoisotopic (exact) mass is 465 g/mol. The Hall–Kier alpha value is -2.24. The molecule has 4 rings (SSSR count). The van der Waals surface area contributed by atoms with Gasteiger partial charge in [-0.05, 0) is 43.4 Å². The number of carbonyl (C=O) groups excluding carboxylic acids is 1. The Morgan fingerprint density at radius 2 is 1.87 bits per heavy atom. The molecule has 2 N–H and O–H groups in total. The van der Waals surface area contributed by atoms with Gasteiger partial charge in [0.05, 0.1) is 15.1 Å². The number of rotatable bonds is 4. The molecule has 0 bridgehead atoms. The summed E-state index contributed by atoms with van der Waals surface area (Å²) in [5.74, 6) is 0. The summed E-state index contributed by atoms with van der Waals surface area (Å²) in [7, 11) is -1.59. The SMILES string of the molecule is CN1CCN(S(=O)(=O)c2ccc3nc(NC(=O)Nc4cccc(Cl)c4)sc3c2)CC1. The predicted octanol–water partition coefficient (Wildman–Crippen LogP) is 3.53. The van der Waals surface area contributed by atoms with E-state index in [4.69, 9.17) is 11.6 Å². The van der Waals surface area contributed by atoms with Gasteiger partial charge in [0.1, 0.15) is 0 Å². The van der Waals surface area contributed by atoms with E-state index in [0.717, 1.165) is 0 Å². The number of benzene rings is 2. The van der Waals surface area contributed by atoms with Crippen LogP contribution in [0.25, 0.3) is 10.2 Å². The van der Waals surface area contributed by atoms with Gasteiger partial charge in [-0.25, -0.2) is 18.2 Å². The number of hydrogen-bond donors (Lipinski definition) is 2. The Morgan fingerprint density at radius 1 is 1.10 bits per heavy atom. The summed E-state index contributed by atoms with van der Waals surface area (Å²) < 4.78 is 28.1. The molecule has 1 aliphatic heterocycles. The van der Waals surface area contributed by atoms with Crippen molar-refractivity contribution in [1.82, 2.24) is 14.2 Å². The van der Waals surface area contributed by atoms with Crippen molar-refractivity contribution in [2.45, 2.75) is 4.90 Å². The van der Waals surface area contributed by atoms with Crippen LogP contribution in [0, 0.1) is 0 Å². The minimum absolute atomic E-state index is 0.234. The van der Waals surface area contributed by atoms with Gasteiger partial charge in [0.2, 0.25) is 10.0 Å². The molecule has 3 aromatic rings. The first-order valence-electron chi connectivity index (χ1n) is 9.24. The summed E-state index contributed by atoms with van der Waals surface area (Å²) in [6.45, 7) is 2.35. The zero-order chi connectivity index (χ0) is 21.3. The predicted molar refractivity (Wildman–Crippen MR) is 120 cm³/mol. The zero-order valence-electron chi connectivity index (χ0n) is 16.1. The number of carbonyl (C=O) groups is 1. The average molecular weight is 466 g/mol. The molecule has 0 aliphatic carbocycles. The summed E-state index contributed by atoms with van der Waals surface area (Å²) in [4.78, 5) is 18.9. The van der Waals surface area contributed by atoms with Gasteiger partial charge in [-0.3, -0.25) is 5.32 Å². The molecule has 0 spiro atoms. The fraction of sp³-hybridized carbons (Fsp3) is 0.263. The first kappa shape index (κ1) is 21.0. The summed E-state index contributed by atoms with van der Waals surface area (Å²) in [5.41, 5.74) is 1.18. The number of urea groups is 1. The quantitative estimate of drug-likeness (QED) is 0.614. The molecule has 2 aromatic carbocycles. The second-order valence-corrected chi connectivity index (χ2v) is 10.4. The zero-order valence-corrected chi connectivity index (χ0v) is 18.5. The number of nitrogens with zero attached hydrogens (tertiary/aromatic N) is 3. The maximum atomic E-state index is 13.0. The number of sulfonamides is 1. The van der Waals surface area contributed by atoms with Crippen molar-refractivity contribution in [3.05, 3.63) is 47.5 Å². The Morgan fingerprint density at radius 3 is 2.60 bits per heavy atom. The van der Waals surface area contributed by atoms with Crippen molar-refractivity contribution < 1.29 is 13.2 Å². The molecule has 2 amide bonds. The minimum atomic E-state index is -3.56. The highest BCUT2D eigenvalue weighted by molar-refractivity contribution is 7.89. The third-order valence-corrected chi connectivity index (χ3v) is 7.83. The second-order valence-electron chi connectivity index (χ2n) is 6.95. The summed E-state index contributed by atoms with van der Waals surface area (Å²) in [5, 5.41) is 6.25. The molecule has 8 nitrogen and oxygen atoms in total. The molecule has 158 valence electrons. The maximum absolute atomic E-state index is 13.0. The average Bonchev–Trinajstić information content (AvgIpc) is 3.09. The van der Waals surface area contributed by atoms with Crippen LogP contribution in [0.4, 0.5) is 15.6 Å². The molecule has 1 aromatic heterocycles. The normalized spacial score (nSPS) is 15.9. The molecular formula is C19H20ClN5O3S2. The third kappa shape index (κ3) is 4.57. The summed E-state index contributed by atoms with van der Waals surface area (Å²) >= 11 is 7.14. The fourth-order valence-corrected chi connectivity index (χ4v) is 5.74. The highest BCUT2D eigenvalue weighted by Crippen LogP contribution is 2.29. The molecular weight excluding hydrogens is 446 g/mol. The molecule has 0 radical (unpaired) electrons. The smallest absolute Gasteiger partial charge is 0.308 e. The van der Waals surface area contributed by atoms with E-state index in [9.17, 15) is 13.2 Å². The lowest BCUT2D eigenvalue weighted by molar-refractivity contribution is 0.222. The van der Waals surface area contributed by atoms with Crippen molar-refractivity contribution in [1.29, 1.82) is 0 Å². The molecule has 1 saturated heterocycles. The Balaban J connectivity index is 1.50. The number of likely N-dealkylation sites (N-methyl/N-ethyl adjacent to an activating group) is 1. The maximum Gasteiger partial charge on any atom is 0.325 e. The minimum Gasteiger partial charge on any atom is -0.308 e. The molecule has 0 saturated carbocycles. The van der Waals surface area contributed by atoms with Crippen molar-refractivity contribution in [2.24, 2.45) is 0 Å². The van der Waals surface area contributed by atoms with E-state index >= 15 is 0 Å². The Labute approximate surface area is 183 Å². The highest BCUT2D eigenvalue weighted by Gasteiger charge is 2.27. The number of aromatic nitrogens is 1. The number of halogens is 1. The van der Waals surface area contributed by atoms with Crippen molar-refractivity contribution in [3.8, 4) is 0 Å². The van der Waals surface area contributed by atoms with Gasteiger partial charge in [-0.1, -0.05) is 29.0 Å². The first-order chi connectivity index (χ1) is 14.3. The van der Waals surface area contributed by atoms with E-state index < -0.39 is 16.1 Å². The van der Waals surface area contributed by atoms with Crippen LogP contribution in [0.5, 0.6) is 0 Å². The van der Waals surface area contributed by atoms with Crippen LogP contribution in [-0.4, -0.2) is 61.9 Å². The number of amides is 2. The highest BCUT2D eigenvalue weighted by atomic mass is 35.5. The molecule has 1 fully saturated rings. The molecule has 2 heterocycles. The molecule has 0 unspecified atom stereocenters. The van der Waals surface area contributed by atoms with Crippen LogP contribution >= 0.6 is 22.9 Å². The van der Waals surface area contributed by atoms with Gasteiger partial charge < -0.3 is 10.2 Å². The standard InChI is InChI=1S/C19H20ClN5O3S2/c1-24-7-9-25(10-8-24)30(27,28)15-5-6-16-17(12-15)29-19(22-16)23-18(26)21-14-4-2-3-13(20)11-14/h2-6,11-12H,7-10H2,1H3,(H2,21,22,23,26). The van der Waals surface area contributed by atoms with Crippen molar-refractivity contribution >= 4 is 60.0 Å². The first-order valence-corrected chi connectivity index (χ1v) is 11.9. The van der Waals surface area contributed by atoms with Crippen LogP contribution in [0.2, 0.25) is 5.02 Å². The fourth-order valence-electron chi connectivity index (χ4n) is 3.12. The van der Waals surface area contributed by atoms with Crippen LogP contribution in [-0.2, 0) is 10.0 Å². The van der Waals surface area contributed by atoms with Gasteiger partial charge >= 0.3 is 6.03 Å². The largest absolute Gasteiger partial charge is 0.325 e. The van der Waals surface area contributed by atoms with Gasteiger partial charge in [0.15, 0.2) is 5.13 Å². The third-order valence-electron chi connectivity index (χ3n) is 4.76. The van der Waals surface area contributed by atoms with E-state index in [1.54, 1.807) is 42.5 Å². The van der Waals surface area contributed by atoms with Crippen molar-refractivity contribution in [2.75, 3.05) is 43.9 Å². The summed E-state index contributed by atoms with van der Waals surface area (Å²) in [6, 6.07) is 11.2. The number of fused-ring (bicyclic) bond motifs is 1.